The number of methoxy groups -OCH3 is 1. The fraction of sp³-hybridized carbons (Fsp3) is 1.00. The molecule has 0 spiro atoms. The minimum absolute atomic E-state index is 0.247. The van der Waals surface area contributed by atoms with E-state index in [0.717, 1.165) is 19.5 Å². The van der Waals surface area contributed by atoms with Gasteiger partial charge in [-0.25, -0.2) is 0 Å². The summed E-state index contributed by atoms with van der Waals surface area (Å²) >= 11 is 0. The van der Waals surface area contributed by atoms with Crippen LogP contribution in [-0.2, 0) is 9.47 Å². The molecule has 0 radical (unpaired) electrons. The molecule has 0 saturated carbocycles. The molecule has 0 aromatic carbocycles. The molecule has 5 heteroatoms. The number of aliphatic hydroxyl groups excluding tert-OH is 2. The standard InChI is InChI=1S/C11H23NO4/c1-15-4-5-16-9-11(14)7-12-3-2-10(6-12)8-13/h10-11,13-14H,2-9H2,1H3. The van der Waals surface area contributed by atoms with Crippen molar-refractivity contribution in [2.24, 2.45) is 5.92 Å². The maximum absolute atomic E-state index is 9.70. The Hall–Kier alpha value is -0.200. The third-order valence-electron chi connectivity index (χ3n) is 2.84. The van der Waals surface area contributed by atoms with Crippen LogP contribution < -0.4 is 0 Å². The van der Waals surface area contributed by atoms with Gasteiger partial charge in [0.05, 0.1) is 25.9 Å². The average Bonchev–Trinajstić information content (AvgIpc) is 2.72. The van der Waals surface area contributed by atoms with Crippen LogP contribution in [0.1, 0.15) is 6.42 Å². The molecule has 2 unspecified atom stereocenters. The number of hydrogen-bond acceptors (Lipinski definition) is 5. The first-order chi connectivity index (χ1) is 7.76. The van der Waals surface area contributed by atoms with Gasteiger partial charge >= 0.3 is 0 Å². The van der Waals surface area contributed by atoms with Crippen molar-refractivity contribution in [2.45, 2.75) is 12.5 Å². The molecule has 1 aliphatic rings. The lowest BCUT2D eigenvalue weighted by molar-refractivity contribution is 0.00151. The van der Waals surface area contributed by atoms with Crippen molar-refractivity contribution < 1.29 is 19.7 Å². The number of ether oxygens (including phenoxy) is 2. The van der Waals surface area contributed by atoms with E-state index in [0.29, 0.717) is 32.3 Å². The summed E-state index contributed by atoms with van der Waals surface area (Å²) in [6, 6.07) is 0. The monoisotopic (exact) mass is 233 g/mol. The molecule has 1 saturated heterocycles. The Morgan fingerprint density at radius 3 is 2.88 bits per heavy atom. The van der Waals surface area contributed by atoms with Gasteiger partial charge in [0.1, 0.15) is 0 Å². The maximum Gasteiger partial charge on any atom is 0.0900 e. The van der Waals surface area contributed by atoms with E-state index >= 15 is 0 Å². The number of hydrogen-bond donors (Lipinski definition) is 2. The van der Waals surface area contributed by atoms with Crippen LogP contribution in [0.4, 0.5) is 0 Å². The SMILES string of the molecule is COCCOCC(O)CN1CCC(CO)C1. The molecule has 2 atom stereocenters. The zero-order valence-corrected chi connectivity index (χ0v) is 9.97. The molecule has 0 aromatic heterocycles. The summed E-state index contributed by atoms with van der Waals surface area (Å²) in [5.41, 5.74) is 0. The second-order valence-electron chi connectivity index (χ2n) is 4.32. The van der Waals surface area contributed by atoms with Crippen LogP contribution in [0.25, 0.3) is 0 Å². The van der Waals surface area contributed by atoms with Gasteiger partial charge in [-0.2, -0.15) is 0 Å². The molecular weight excluding hydrogens is 210 g/mol. The van der Waals surface area contributed by atoms with Crippen molar-refractivity contribution in [2.75, 3.05) is 53.2 Å². The van der Waals surface area contributed by atoms with Crippen LogP contribution in [-0.4, -0.2) is 74.4 Å². The smallest absolute Gasteiger partial charge is 0.0900 e. The molecule has 2 N–H and O–H groups in total. The fourth-order valence-corrected chi connectivity index (χ4v) is 1.94. The van der Waals surface area contributed by atoms with E-state index in [9.17, 15) is 5.11 Å². The van der Waals surface area contributed by atoms with E-state index in [4.69, 9.17) is 14.6 Å². The highest BCUT2D eigenvalue weighted by molar-refractivity contribution is 4.76. The molecule has 1 heterocycles. The van der Waals surface area contributed by atoms with E-state index in [2.05, 4.69) is 4.90 Å². The molecule has 0 bridgehead atoms. The lowest BCUT2D eigenvalue weighted by Crippen LogP contribution is -2.34. The highest BCUT2D eigenvalue weighted by Gasteiger charge is 2.23. The Kier molecular flexibility index (Phi) is 6.91. The van der Waals surface area contributed by atoms with Crippen LogP contribution in [0.5, 0.6) is 0 Å². The fourth-order valence-electron chi connectivity index (χ4n) is 1.94. The van der Waals surface area contributed by atoms with Gasteiger partial charge < -0.3 is 24.6 Å². The van der Waals surface area contributed by atoms with Crippen LogP contribution in [0.3, 0.4) is 0 Å². The topological polar surface area (TPSA) is 62.2 Å². The van der Waals surface area contributed by atoms with Crippen LogP contribution in [0, 0.1) is 5.92 Å². The maximum atomic E-state index is 9.70. The second-order valence-corrected chi connectivity index (χ2v) is 4.32. The molecule has 96 valence electrons. The number of nitrogens with zero attached hydrogens (tertiary/aromatic N) is 1. The van der Waals surface area contributed by atoms with Crippen molar-refractivity contribution in [3.8, 4) is 0 Å². The predicted molar refractivity (Wildman–Crippen MR) is 60.3 cm³/mol. The highest BCUT2D eigenvalue weighted by Crippen LogP contribution is 2.15. The van der Waals surface area contributed by atoms with Crippen molar-refractivity contribution in [3.05, 3.63) is 0 Å². The molecule has 16 heavy (non-hydrogen) atoms. The summed E-state index contributed by atoms with van der Waals surface area (Å²) < 4.78 is 10.1. The van der Waals surface area contributed by atoms with E-state index in [-0.39, 0.29) is 6.61 Å². The quantitative estimate of drug-likeness (QED) is 0.544. The van der Waals surface area contributed by atoms with E-state index in [1.54, 1.807) is 7.11 Å². The van der Waals surface area contributed by atoms with Gasteiger partial charge in [-0.15, -0.1) is 0 Å². The van der Waals surface area contributed by atoms with Crippen LogP contribution in [0.15, 0.2) is 0 Å². The molecule has 0 aromatic rings. The van der Waals surface area contributed by atoms with E-state index in [1.807, 2.05) is 0 Å². The van der Waals surface area contributed by atoms with Crippen molar-refractivity contribution in [1.82, 2.24) is 4.90 Å². The molecule has 1 rings (SSSR count). The number of likely N-dealkylation sites (tertiary alicyclic amines) is 1. The lowest BCUT2D eigenvalue weighted by atomic mass is 10.1. The zero-order chi connectivity index (χ0) is 11.8. The Bertz CT molecular complexity index is 179. The summed E-state index contributed by atoms with van der Waals surface area (Å²) in [5.74, 6) is 0.376. The van der Waals surface area contributed by atoms with Crippen molar-refractivity contribution in [3.63, 3.8) is 0 Å². The van der Waals surface area contributed by atoms with E-state index < -0.39 is 6.10 Å². The molecule has 5 nitrogen and oxygen atoms in total. The summed E-state index contributed by atoms with van der Waals surface area (Å²) in [6.07, 6.45) is 0.572. The Balaban J connectivity index is 2.03. The zero-order valence-electron chi connectivity index (χ0n) is 9.97. The molecule has 1 fully saturated rings. The van der Waals surface area contributed by atoms with Gasteiger partial charge in [-0.05, 0) is 18.9 Å². The Labute approximate surface area is 97.0 Å². The Morgan fingerprint density at radius 1 is 1.44 bits per heavy atom. The summed E-state index contributed by atoms with van der Waals surface area (Å²) in [5, 5.41) is 18.7. The van der Waals surface area contributed by atoms with Crippen LogP contribution >= 0.6 is 0 Å². The van der Waals surface area contributed by atoms with Crippen molar-refractivity contribution in [1.29, 1.82) is 0 Å². The third-order valence-corrected chi connectivity index (χ3v) is 2.84. The normalized spacial score (nSPS) is 23.8. The first-order valence-electron chi connectivity index (χ1n) is 5.84. The Morgan fingerprint density at radius 2 is 2.25 bits per heavy atom. The van der Waals surface area contributed by atoms with Gasteiger partial charge in [0, 0.05) is 26.8 Å². The predicted octanol–water partition coefficient (Wildman–Crippen LogP) is -0.675. The van der Waals surface area contributed by atoms with Gasteiger partial charge in [0.25, 0.3) is 0 Å². The first kappa shape index (κ1) is 13.9. The van der Waals surface area contributed by atoms with Gasteiger partial charge in [0.2, 0.25) is 0 Å². The first-order valence-corrected chi connectivity index (χ1v) is 5.84. The lowest BCUT2D eigenvalue weighted by Gasteiger charge is -2.19. The van der Waals surface area contributed by atoms with Gasteiger partial charge in [0.15, 0.2) is 0 Å². The number of β-amino-alcohol motifs (C(OH)–C–C–N with tert-alkyl or cyclic N) is 1. The third kappa shape index (κ3) is 5.23. The summed E-state index contributed by atoms with van der Waals surface area (Å²) in [4.78, 5) is 2.17. The minimum atomic E-state index is -0.450. The van der Waals surface area contributed by atoms with Gasteiger partial charge in [-0.3, -0.25) is 0 Å². The molecule has 0 amide bonds. The molecule has 0 aliphatic carbocycles. The average molecular weight is 233 g/mol. The van der Waals surface area contributed by atoms with Gasteiger partial charge in [-0.1, -0.05) is 0 Å². The minimum Gasteiger partial charge on any atom is -0.396 e. The van der Waals surface area contributed by atoms with Crippen molar-refractivity contribution >= 4 is 0 Å². The number of aliphatic hydroxyl groups is 2. The highest BCUT2D eigenvalue weighted by atomic mass is 16.5. The second kappa shape index (κ2) is 7.97. The number of rotatable bonds is 8. The molecule has 1 aliphatic heterocycles. The van der Waals surface area contributed by atoms with E-state index in [1.165, 1.54) is 0 Å². The molecular formula is C11H23NO4. The summed E-state index contributed by atoms with van der Waals surface area (Å²) in [7, 11) is 1.62. The summed E-state index contributed by atoms with van der Waals surface area (Å²) in [6.45, 7) is 4.14. The van der Waals surface area contributed by atoms with Crippen LogP contribution in [0.2, 0.25) is 0 Å². The largest absolute Gasteiger partial charge is 0.396 e.